The number of carbonyl (C=O) groups is 2. The van der Waals surface area contributed by atoms with Crippen molar-refractivity contribution in [2.45, 2.75) is 56.4 Å². The number of phenols is 2. The number of carboxylic acids is 1. The van der Waals surface area contributed by atoms with Crippen LogP contribution in [0.4, 0.5) is 5.69 Å². The maximum absolute atomic E-state index is 13.6. The van der Waals surface area contributed by atoms with Crippen molar-refractivity contribution in [2.24, 2.45) is 10.7 Å². The van der Waals surface area contributed by atoms with Gasteiger partial charge in [0.15, 0.2) is 35.7 Å². The molecule has 18 nitrogen and oxygen atoms in total. The number of carboxylic acid groups (broad SMARTS) is 1. The van der Waals surface area contributed by atoms with Gasteiger partial charge in [0.25, 0.3) is 0 Å². The number of aromatic carboxylic acids is 1. The third kappa shape index (κ3) is 8.10. The monoisotopic (exact) mass is 756 g/mol. The fraction of sp³-hybridized carbons (Fsp3) is 0.417. The number of cyclic esters (lactones) is 1. The summed E-state index contributed by atoms with van der Waals surface area (Å²) in [5.74, 6) is -4.48. The van der Waals surface area contributed by atoms with Gasteiger partial charge in [-0.2, -0.15) is 0 Å². The normalized spacial score (nSPS) is 22.6. The van der Waals surface area contributed by atoms with Crippen molar-refractivity contribution in [3.8, 4) is 34.5 Å². The highest BCUT2D eigenvalue weighted by Gasteiger charge is 2.56. The van der Waals surface area contributed by atoms with E-state index in [9.17, 15) is 40.2 Å². The summed E-state index contributed by atoms with van der Waals surface area (Å²) in [6, 6.07) is 11.8. The van der Waals surface area contributed by atoms with Crippen LogP contribution in [0.1, 0.15) is 45.2 Å². The van der Waals surface area contributed by atoms with Crippen LogP contribution in [0, 0.1) is 0 Å². The van der Waals surface area contributed by atoms with E-state index in [1.54, 1.807) is 6.92 Å². The third-order valence-electron chi connectivity index (χ3n) is 9.08. The molecule has 2 aliphatic rings. The molecule has 3 aromatic carbocycles. The number of anilines is 1. The third-order valence-corrected chi connectivity index (χ3v) is 9.08. The molecule has 0 unspecified atom stereocenters. The fourth-order valence-electron chi connectivity index (χ4n) is 6.25. The SMILES string of the molecule is CCNc1cc(O[C@@H]2O[C@@]3(CCc4c(OC)c(O)c(OCCc5ccccc5)c(O)c4C(=O)OC3)[C@@H](O)[C@H](O)[C@H]2O)c(OCNC(N)=NC)cc1C(=O)O. The van der Waals surface area contributed by atoms with E-state index in [0.29, 0.717) is 13.0 Å². The van der Waals surface area contributed by atoms with Crippen molar-refractivity contribution in [1.82, 2.24) is 5.32 Å². The highest BCUT2D eigenvalue weighted by molar-refractivity contribution is 5.97. The number of benzene rings is 3. The van der Waals surface area contributed by atoms with Crippen molar-refractivity contribution >= 4 is 23.6 Å². The molecule has 5 atom stereocenters. The van der Waals surface area contributed by atoms with Gasteiger partial charge in [-0.3, -0.25) is 4.99 Å². The minimum atomic E-state index is -1.93. The Morgan fingerprint density at radius 1 is 1.06 bits per heavy atom. The minimum Gasteiger partial charge on any atom is -0.504 e. The highest BCUT2D eigenvalue weighted by atomic mass is 16.7. The van der Waals surface area contributed by atoms with Gasteiger partial charge in [-0.1, -0.05) is 30.3 Å². The lowest BCUT2D eigenvalue weighted by Gasteiger charge is -2.48. The molecular weight excluding hydrogens is 712 g/mol. The number of guanidine groups is 1. The van der Waals surface area contributed by atoms with Gasteiger partial charge in [-0.25, -0.2) is 9.59 Å². The van der Waals surface area contributed by atoms with Crippen molar-refractivity contribution in [3.63, 3.8) is 0 Å². The molecule has 54 heavy (non-hydrogen) atoms. The van der Waals surface area contributed by atoms with Gasteiger partial charge in [0, 0.05) is 37.7 Å². The molecule has 1 fully saturated rings. The second kappa shape index (κ2) is 17.0. The number of hydrogen-bond acceptors (Lipinski definition) is 15. The number of aromatic hydroxyl groups is 2. The van der Waals surface area contributed by atoms with Crippen LogP contribution in [0.2, 0.25) is 0 Å². The number of methoxy groups -OCH3 is 1. The van der Waals surface area contributed by atoms with Crippen LogP contribution < -0.4 is 35.3 Å². The number of carbonyl (C=O) groups excluding carboxylic acids is 1. The van der Waals surface area contributed by atoms with E-state index < -0.39 is 66.0 Å². The quantitative estimate of drug-likeness (QED) is 0.0511. The Kier molecular flexibility index (Phi) is 12.4. The zero-order valence-corrected chi connectivity index (χ0v) is 29.8. The minimum absolute atomic E-state index is 0.00140. The second-order valence-electron chi connectivity index (χ2n) is 12.4. The van der Waals surface area contributed by atoms with Gasteiger partial charge < -0.3 is 75.4 Å². The van der Waals surface area contributed by atoms with E-state index in [0.717, 1.165) is 5.56 Å². The summed E-state index contributed by atoms with van der Waals surface area (Å²) in [6.45, 7) is 1.13. The Balaban J connectivity index is 1.46. The molecule has 1 saturated heterocycles. The number of phenolic OH excluding ortho intramolecular Hbond substituents is 2. The Bertz CT molecular complexity index is 1860. The first-order valence-electron chi connectivity index (χ1n) is 17.0. The number of nitrogens with two attached hydrogens (primary N) is 1. The molecule has 0 amide bonds. The molecule has 2 heterocycles. The maximum atomic E-state index is 13.6. The number of nitrogens with zero attached hydrogens (tertiary/aromatic N) is 1. The van der Waals surface area contributed by atoms with Gasteiger partial charge in [-0.05, 0) is 25.3 Å². The Morgan fingerprint density at radius 3 is 2.46 bits per heavy atom. The molecule has 0 radical (unpaired) electrons. The van der Waals surface area contributed by atoms with E-state index in [2.05, 4.69) is 15.6 Å². The molecule has 292 valence electrons. The second-order valence-corrected chi connectivity index (χ2v) is 12.4. The summed E-state index contributed by atoms with van der Waals surface area (Å²) in [4.78, 5) is 29.5. The lowest BCUT2D eigenvalue weighted by molar-refractivity contribution is -0.320. The molecule has 0 aliphatic carbocycles. The van der Waals surface area contributed by atoms with Gasteiger partial charge in [0.1, 0.15) is 36.1 Å². The standard InChI is InChI=1S/C36H44N4O14/c1-4-39-21-15-23(22(14-20(21)32(46)47)52-17-40-35(37)38-2)53-34-27(43)26(42)31(45)36(54-34)12-10-19-24(33(48)51-16-36)25(41)30(28(44)29(19)49-3)50-13-11-18-8-6-5-7-9-18/h5-9,14-15,26-27,31,34,39,41-45H,4,10-13,16-17H2,1-3H3,(H,46,47)(H3,37,38,40)/t26-,27-,31+,34-,36-/m1/s1. The topological polar surface area (TPSA) is 273 Å². The Hall–Kier alpha value is -5.69. The van der Waals surface area contributed by atoms with E-state index in [1.165, 1.54) is 26.3 Å². The summed E-state index contributed by atoms with van der Waals surface area (Å²) in [7, 11) is 2.68. The zero-order chi connectivity index (χ0) is 39.2. The van der Waals surface area contributed by atoms with Crippen LogP contribution in [0.25, 0.3) is 0 Å². The molecule has 2 aliphatic heterocycles. The van der Waals surface area contributed by atoms with Crippen molar-refractivity contribution < 1.29 is 68.6 Å². The first-order chi connectivity index (χ1) is 25.8. The number of rotatable bonds is 13. The molecule has 1 spiro atoms. The van der Waals surface area contributed by atoms with Crippen molar-refractivity contribution in [2.75, 3.05) is 46.0 Å². The van der Waals surface area contributed by atoms with Crippen LogP contribution in [0.5, 0.6) is 34.5 Å². The fourth-order valence-corrected chi connectivity index (χ4v) is 6.25. The molecule has 0 aromatic heterocycles. The Labute approximate surface area is 309 Å². The number of aliphatic imine (C=N–C) groups is 1. The molecule has 10 N–H and O–H groups in total. The highest BCUT2D eigenvalue weighted by Crippen LogP contribution is 2.51. The summed E-state index contributed by atoms with van der Waals surface area (Å²) in [6.07, 6.45) is -7.40. The molecule has 3 aromatic rings. The number of aliphatic hydroxyl groups is 3. The lowest BCUT2D eigenvalue weighted by atomic mass is 9.81. The van der Waals surface area contributed by atoms with Gasteiger partial charge in [-0.15, -0.1) is 0 Å². The van der Waals surface area contributed by atoms with Crippen LogP contribution in [0.3, 0.4) is 0 Å². The van der Waals surface area contributed by atoms with E-state index >= 15 is 0 Å². The zero-order valence-electron chi connectivity index (χ0n) is 29.8. The van der Waals surface area contributed by atoms with E-state index in [1.807, 2.05) is 30.3 Å². The summed E-state index contributed by atoms with van der Waals surface area (Å²) in [5.41, 5.74) is 4.29. The summed E-state index contributed by atoms with van der Waals surface area (Å²) < 4.78 is 34.7. The number of fused-ring (bicyclic) bond motifs is 1. The van der Waals surface area contributed by atoms with E-state index in [4.69, 9.17) is 34.2 Å². The molecule has 5 rings (SSSR count). The molecule has 0 saturated carbocycles. The summed E-state index contributed by atoms with van der Waals surface area (Å²) in [5, 5.41) is 71.3. The molecule has 0 bridgehead atoms. The van der Waals surface area contributed by atoms with Crippen LogP contribution in [-0.4, -0.2) is 119 Å². The summed E-state index contributed by atoms with van der Waals surface area (Å²) >= 11 is 0. The number of esters is 1. The number of hydrogen-bond donors (Lipinski definition) is 9. The smallest absolute Gasteiger partial charge is 0.342 e. The van der Waals surface area contributed by atoms with Crippen molar-refractivity contribution in [1.29, 1.82) is 0 Å². The van der Waals surface area contributed by atoms with Crippen molar-refractivity contribution in [3.05, 3.63) is 64.7 Å². The van der Waals surface area contributed by atoms with Gasteiger partial charge in [0.05, 0.1) is 25.0 Å². The van der Waals surface area contributed by atoms with Gasteiger partial charge in [0.2, 0.25) is 17.8 Å². The molecular formula is C36H44N4O14. The number of aliphatic hydroxyl groups excluding tert-OH is 3. The first kappa shape index (κ1) is 39.5. The van der Waals surface area contributed by atoms with E-state index in [-0.39, 0.29) is 71.8 Å². The first-order valence-corrected chi connectivity index (χ1v) is 17.0. The largest absolute Gasteiger partial charge is 0.504 e. The lowest BCUT2D eigenvalue weighted by Crippen LogP contribution is -2.67. The van der Waals surface area contributed by atoms with Crippen LogP contribution >= 0.6 is 0 Å². The predicted molar refractivity (Wildman–Crippen MR) is 191 cm³/mol. The molecule has 18 heteroatoms. The average molecular weight is 757 g/mol. The average Bonchev–Trinajstić information content (AvgIpc) is 3.15. The maximum Gasteiger partial charge on any atom is 0.342 e. The van der Waals surface area contributed by atoms with Crippen LogP contribution in [0.15, 0.2) is 47.5 Å². The predicted octanol–water partition coefficient (Wildman–Crippen LogP) is 1.09. The van der Waals surface area contributed by atoms with Gasteiger partial charge >= 0.3 is 11.9 Å². The Morgan fingerprint density at radius 2 is 1.80 bits per heavy atom. The number of nitrogens with one attached hydrogen (secondary N) is 2. The van der Waals surface area contributed by atoms with Crippen LogP contribution in [-0.2, 0) is 22.3 Å². The number of ether oxygens (including phenoxy) is 6.